The van der Waals surface area contributed by atoms with Crippen LogP contribution in [0.2, 0.25) is 0 Å². The van der Waals surface area contributed by atoms with Crippen molar-refractivity contribution in [3.8, 4) is 0 Å². The van der Waals surface area contributed by atoms with Crippen LogP contribution in [0.25, 0.3) is 0 Å². The molecule has 2 saturated heterocycles. The highest BCUT2D eigenvalue weighted by Gasteiger charge is 2.37. The van der Waals surface area contributed by atoms with E-state index in [9.17, 15) is 14.4 Å². The molecule has 3 atom stereocenters. The lowest BCUT2D eigenvalue weighted by Gasteiger charge is -2.37. The van der Waals surface area contributed by atoms with Gasteiger partial charge in [-0.2, -0.15) is 0 Å². The first kappa shape index (κ1) is 22.5. The first-order valence-corrected chi connectivity index (χ1v) is 10.4. The van der Waals surface area contributed by atoms with Gasteiger partial charge in [-0.25, -0.2) is 4.79 Å². The number of hydrogen-bond acceptors (Lipinski definition) is 5. The molecule has 0 saturated carbocycles. The van der Waals surface area contributed by atoms with Gasteiger partial charge in [-0.3, -0.25) is 19.4 Å². The fourth-order valence-electron chi connectivity index (χ4n) is 4.13. The topological polar surface area (TPSA) is 105 Å². The van der Waals surface area contributed by atoms with Gasteiger partial charge in [0.25, 0.3) is 0 Å². The minimum absolute atomic E-state index is 0.123. The van der Waals surface area contributed by atoms with Crippen LogP contribution in [-0.2, 0) is 14.3 Å². The van der Waals surface area contributed by atoms with Gasteiger partial charge in [-0.1, -0.05) is 6.92 Å². The summed E-state index contributed by atoms with van der Waals surface area (Å²) in [5, 5.41) is 3.02. The van der Waals surface area contributed by atoms with Crippen LogP contribution in [0, 0.1) is 5.92 Å². The average molecular weight is 397 g/mol. The van der Waals surface area contributed by atoms with E-state index in [1.54, 1.807) is 0 Å². The largest absolute Gasteiger partial charge is 0.444 e. The van der Waals surface area contributed by atoms with Gasteiger partial charge < -0.3 is 15.8 Å². The maximum atomic E-state index is 12.7. The first-order chi connectivity index (χ1) is 13.1. The van der Waals surface area contributed by atoms with Crippen molar-refractivity contribution in [3.05, 3.63) is 0 Å². The Morgan fingerprint density at radius 2 is 1.86 bits per heavy atom. The number of nitrogens with zero attached hydrogens (tertiary/aromatic N) is 2. The van der Waals surface area contributed by atoms with E-state index in [-0.39, 0.29) is 23.8 Å². The number of likely N-dealkylation sites (tertiary alicyclic amines) is 2. The predicted octanol–water partition coefficient (Wildman–Crippen LogP) is 1.48. The number of amides is 3. The number of carbonyl (C=O) groups is 3. The maximum Gasteiger partial charge on any atom is 0.410 e. The molecule has 2 aliphatic heterocycles. The molecule has 2 heterocycles. The average Bonchev–Trinajstić information content (AvgIpc) is 3.09. The second-order valence-electron chi connectivity index (χ2n) is 8.91. The number of nitrogens with one attached hydrogen (secondary N) is 1. The van der Waals surface area contributed by atoms with Crippen molar-refractivity contribution in [3.63, 3.8) is 0 Å². The van der Waals surface area contributed by atoms with Crippen molar-refractivity contribution >= 4 is 17.9 Å². The molecule has 28 heavy (non-hydrogen) atoms. The molecule has 0 aromatic rings. The summed E-state index contributed by atoms with van der Waals surface area (Å²) < 4.78 is 5.43. The molecule has 2 rings (SSSR count). The van der Waals surface area contributed by atoms with E-state index in [0.717, 1.165) is 32.4 Å². The van der Waals surface area contributed by atoms with Gasteiger partial charge in [-0.05, 0) is 65.3 Å². The van der Waals surface area contributed by atoms with Crippen LogP contribution in [0.4, 0.5) is 4.79 Å². The molecule has 0 bridgehead atoms. The standard InChI is InChI=1S/C20H36N4O4/c1-5-15(17(21)25)23-10-6-8-14(13-23)12-22-18(26)16-9-7-11-24(16)19(27)28-20(2,3)4/h14-16H,5-13H2,1-4H3,(H2,21,25)(H,22,26)/t14-,15+,16+/m0/s1. The zero-order valence-corrected chi connectivity index (χ0v) is 17.7. The van der Waals surface area contributed by atoms with E-state index in [2.05, 4.69) is 10.2 Å². The highest BCUT2D eigenvalue weighted by molar-refractivity contribution is 5.86. The second kappa shape index (κ2) is 9.58. The van der Waals surface area contributed by atoms with Crippen LogP contribution in [0.15, 0.2) is 0 Å². The molecular formula is C20H36N4O4. The Bertz CT molecular complexity index is 575. The number of rotatable bonds is 6. The monoisotopic (exact) mass is 396 g/mol. The number of primary amides is 1. The normalized spacial score (nSPS) is 24.6. The Kier molecular flexibility index (Phi) is 7.69. The molecule has 160 valence electrons. The van der Waals surface area contributed by atoms with Gasteiger partial charge in [0.15, 0.2) is 0 Å². The summed E-state index contributed by atoms with van der Waals surface area (Å²) in [5.41, 5.74) is 4.94. The minimum Gasteiger partial charge on any atom is -0.444 e. The van der Waals surface area contributed by atoms with Crippen LogP contribution in [0.5, 0.6) is 0 Å². The van der Waals surface area contributed by atoms with Crippen molar-refractivity contribution in [1.29, 1.82) is 0 Å². The summed E-state index contributed by atoms with van der Waals surface area (Å²) in [6.45, 7) is 10.1. The Morgan fingerprint density at radius 3 is 2.46 bits per heavy atom. The second-order valence-corrected chi connectivity index (χ2v) is 8.91. The lowest BCUT2D eigenvalue weighted by atomic mass is 9.95. The van der Waals surface area contributed by atoms with E-state index < -0.39 is 17.7 Å². The third-order valence-corrected chi connectivity index (χ3v) is 5.45. The minimum atomic E-state index is -0.581. The number of hydrogen-bond donors (Lipinski definition) is 2. The SMILES string of the molecule is CC[C@H](C(N)=O)N1CCC[C@@H](CNC(=O)[C@H]2CCCN2C(=O)OC(C)(C)C)C1. The Balaban J connectivity index is 1.87. The van der Waals surface area contributed by atoms with Crippen LogP contribution in [-0.4, -0.2) is 71.6 Å². The third kappa shape index (κ3) is 6.09. The number of ether oxygens (including phenoxy) is 1. The molecular weight excluding hydrogens is 360 g/mol. The molecule has 3 N–H and O–H groups in total. The van der Waals surface area contributed by atoms with E-state index in [0.29, 0.717) is 25.9 Å². The van der Waals surface area contributed by atoms with Crippen molar-refractivity contribution in [2.24, 2.45) is 11.7 Å². The van der Waals surface area contributed by atoms with Crippen LogP contribution >= 0.6 is 0 Å². The van der Waals surface area contributed by atoms with Crippen molar-refractivity contribution < 1.29 is 19.1 Å². The van der Waals surface area contributed by atoms with Gasteiger partial charge in [0.2, 0.25) is 11.8 Å². The Labute approximate surface area is 168 Å². The van der Waals surface area contributed by atoms with Gasteiger partial charge in [-0.15, -0.1) is 0 Å². The van der Waals surface area contributed by atoms with Gasteiger partial charge >= 0.3 is 6.09 Å². The summed E-state index contributed by atoms with van der Waals surface area (Å²) in [6.07, 6.45) is 3.71. The molecule has 0 radical (unpaired) electrons. The quantitative estimate of drug-likeness (QED) is 0.707. The molecule has 2 fully saturated rings. The Hall–Kier alpha value is -1.83. The van der Waals surface area contributed by atoms with Crippen LogP contribution in [0.3, 0.4) is 0 Å². The number of piperidine rings is 1. The summed E-state index contributed by atoms with van der Waals surface area (Å²) >= 11 is 0. The van der Waals surface area contributed by atoms with Crippen molar-refractivity contribution in [2.45, 2.75) is 77.5 Å². The van der Waals surface area contributed by atoms with Gasteiger partial charge in [0, 0.05) is 19.6 Å². The molecule has 2 aliphatic rings. The number of carbonyl (C=O) groups excluding carboxylic acids is 3. The van der Waals surface area contributed by atoms with Crippen molar-refractivity contribution in [1.82, 2.24) is 15.1 Å². The highest BCUT2D eigenvalue weighted by Crippen LogP contribution is 2.22. The number of nitrogens with two attached hydrogens (primary N) is 1. The molecule has 0 aliphatic carbocycles. The van der Waals surface area contributed by atoms with E-state index >= 15 is 0 Å². The smallest absolute Gasteiger partial charge is 0.410 e. The van der Waals surface area contributed by atoms with Gasteiger partial charge in [0.1, 0.15) is 11.6 Å². The zero-order valence-electron chi connectivity index (χ0n) is 17.7. The Morgan fingerprint density at radius 1 is 1.18 bits per heavy atom. The molecule has 0 spiro atoms. The van der Waals surface area contributed by atoms with Crippen molar-refractivity contribution in [2.75, 3.05) is 26.2 Å². The summed E-state index contributed by atoms with van der Waals surface area (Å²) in [7, 11) is 0. The lowest BCUT2D eigenvalue weighted by molar-refractivity contribution is -0.126. The molecule has 8 heteroatoms. The summed E-state index contributed by atoms with van der Waals surface area (Å²) in [5.74, 6) is -0.129. The molecule has 0 unspecified atom stereocenters. The van der Waals surface area contributed by atoms with E-state index in [1.165, 1.54) is 4.90 Å². The molecule has 0 aromatic heterocycles. The molecule has 3 amide bonds. The molecule has 8 nitrogen and oxygen atoms in total. The fraction of sp³-hybridized carbons (Fsp3) is 0.850. The summed E-state index contributed by atoms with van der Waals surface area (Å²) in [4.78, 5) is 40.4. The van der Waals surface area contributed by atoms with E-state index in [1.807, 2.05) is 27.7 Å². The third-order valence-electron chi connectivity index (χ3n) is 5.45. The van der Waals surface area contributed by atoms with Gasteiger partial charge in [0.05, 0.1) is 6.04 Å². The zero-order chi connectivity index (χ0) is 20.9. The molecule has 0 aromatic carbocycles. The van der Waals surface area contributed by atoms with Crippen LogP contribution in [0.1, 0.15) is 59.8 Å². The fourth-order valence-corrected chi connectivity index (χ4v) is 4.13. The van der Waals surface area contributed by atoms with Crippen LogP contribution < -0.4 is 11.1 Å². The maximum absolute atomic E-state index is 12.7. The first-order valence-electron chi connectivity index (χ1n) is 10.4. The lowest BCUT2D eigenvalue weighted by Crippen LogP contribution is -2.52. The highest BCUT2D eigenvalue weighted by atomic mass is 16.6. The van der Waals surface area contributed by atoms with E-state index in [4.69, 9.17) is 10.5 Å². The summed E-state index contributed by atoms with van der Waals surface area (Å²) in [6, 6.07) is -0.709. The predicted molar refractivity (Wildman–Crippen MR) is 107 cm³/mol.